The van der Waals surface area contributed by atoms with Crippen molar-refractivity contribution in [1.82, 2.24) is 10.2 Å². The molecule has 0 bridgehead atoms. The lowest BCUT2D eigenvalue weighted by Crippen LogP contribution is -2.12. The van der Waals surface area contributed by atoms with Crippen LogP contribution in [0, 0.1) is 11.6 Å². The van der Waals surface area contributed by atoms with Gasteiger partial charge in [-0.1, -0.05) is 6.07 Å². The van der Waals surface area contributed by atoms with Gasteiger partial charge in [0.1, 0.15) is 0 Å². The van der Waals surface area contributed by atoms with E-state index in [0.29, 0.717) is 11.3 Å². The molecular formula is C10H9F2N3. The Labute approximate surface area is 84.9 Å². The first-order valence-corrected chi connectivity index (χ1v) is 4.38. The first-order chi connectivity index (χ1) is 7.18. The average molecular weight is 209 g/mol. The van der Waals surface area contributed by atoms with E-state index in [1.165, 1.54) is 6.07 Å². The van der Waals surface area contributed by atoms with Crippen molar-refractivity contribution in [3.8, 4) is 0 Å². The summed E-state index contributed by atoms with van der Waals surface area (Å²) in [5.41, 5.74) is 6.97. The molecule has 0 spiro atoms. The second-order valence-corrected chi connectivity index (χ2v) is 3.16. The molecule has 0 aliphatic rings. The summed E-state index contributed by atoms with van der Waals surface area (Å²) in [5, 5.41) is 6.41. The number of nitrogens with zero attached hydrogens (tertiary/aromatic N) is 1. The molecule has 0 aliphatic carbocycles. The number of halogens is 2. The molecule has 0 radical (unpaired) electrons. The summed E-state index contributed by atoms with van der Waals surface area (Å²) in [4.78, 5) is 0. The SMILES string of the molecule is NC(c1ccc(F)c(F)c1)c1ccn[nH]1. The molecule has 5 heteroatoms. The molecule has 2 aromatic rings. The van der Waals surface area contributed by atoms with Crippen molar-refractivity contribution >= 4 is 0 Å². The topological polar surface area (TPSA) is 54.7 Å². The summed E-state index contributed by atoms with van der Waals surface area (Å²) in [5.74, 6) is -1.78. The number of hydrogen-bond donors (Lipinski definition) is 2. The smallest absolute Gasteiger partial charge is 0.159 e. The Bertz CT molecular complexity index is 454. The summed E-state index contributed by atoms with van der Waals surface area (Å²) in [7, 11) is 0. The second-order valence-electron chi connectivity index (χ2n) is 3.16. The Hall–Kier alpha value is -1.75. The van der Waals surface area contributed by atoms with E-state index in [1.54, 1.807) is 12.3 Å². The lowest BCUT2D eigenvalue weighted by Gasteiger charge is -2.09. The summed E-state index contributed by atoms with van der Waals surface area (Å²) < 4.78 is 25.6. The maximum absolute atomic E-state index is 12.9. The fourth-order valence-corrected chi connectivity index (χ4v) is 1.33. The monoisotopic (exact) mass is 209 g/mol. The number of benzene rings is 1. The molecule has 0 aliphatic heterocycles. The van der Waals surface area contributed by atoms with Crippen LogP contribution in [0.5, 0.6) is 0 Å². The minimum Gasteiger partial charge on any atom is -0.319 e. The first kappa shape index (κ1) is 9.79. The van der Waals surface area contributed by atoms with Gasteiger partial charge in [-0.15, -0.1) is 0 Å². The van der Waals surface area contributed by atoms with E-state index < -0.39 is 17.7 Å². The van der Waals surface area contributed by atoms with E-state index in [1.807, 2.05) is 0 Å². The minimum atomic E-state index is -0.900. The summed E-state index contributed by atoms with van der Waals surface area (Å²) in [6.45, 7) is 0. The van der Waals surface area contributed by atoms with E-state index in [4.69, 9.17) is 5.73 Å². The fourth-order valence-electron chi connectivity index (χ4n) is 1.33. The lowest BCUT2D eigenvalue weighted by molar-refractivity contribution is 0.506. The van der Waals surface area contributed by atoms with Crippen LogP contribution >= 0.6 is 0 Å². The maximum atomic E-state index is 12.9. The van der Waals surface area contributed by atoms with Crippen LogP contribution in [-0.4, -0.2) is 10.2 Å². The lowest BCUT2D eigenvalue weighted by atomic mass is 10.0. The molecule has 0 amide bonds. The molecule has 3 nitrogen and oxygen atoms in total. The highest BCUT2D eigenvalue weighted by atomic mass is 19.2. The third-order valence-corrected chi connectivity index (χ3v) is 2.16. The Morgan fingerprint density at radius 3 is 2.60 bits per heavy atom. The van der Waals surface area contributed by atoms with Gasteiger partial charge in [0.15, 0.2) is 11.6 Å². The van der Waals surface area contributed by atoms with Crippen LogP contribution in [-0.2, 0) is 0 Å². The zero-order chi connectivity index (χ0) is 10.8. The highest BCUT2D eigenvalue weighted by molar-refractivity contribution is 5.27. The molecule has 78 valence electrons. The Balaban J connectivity index is 2.34. The van der Waals surface area contributed by atoms with Crippen LogP contribution in [0.3, 0.4) is 0 Å². The van der Waals surface area contributed by atoms with Crippen molar-refractivity contribution in [2.24, 2.45) is 5.73 Å². The number of nitrogens with one attached hydrogen (secondary N) is 1. The largest absolute Gasteiger partial charge is 0.319 e. The predicted molar refractivity (Wildman–Crippen MR) is 51.0 cm³/mol. The van der Waals surface area contributed by atoms with Crippen molar-refractivity contribution in [1.29, 1.82) is 0 Å². The zero-order valence-corrected chi connectivity index (χ0v) is 7.74. The van der Waals surface area contributed by atoms with Gasteiger partial charge < -0.3 is 5.73 Å². The van der Waals surface area contributed by atoms with Crippen molar-refractivity contribution in [2.45, 2.75) is 6.04 Å². The van der Waals surface area contributed by atoms with Crippen LogP contribution in [0.25, 0.3) is 0 Å². The van der Waals surface area contributed by atoms with Gasteiger partial charge in [0.2, 0.25) is 0 Å². The van der Waals surface area contributed by atoms with E-state index in [-0.39, 0.29) is 0 Å². The Kier molecular flexibility index (Phi) is 2.47. The van der Waals surface area contributed by atoms with Crippen LogP contribution in [0.15, 0.2) is 30.5 Å². The molecule has 15 heavy (non-hydrogen) atoms. The summed E-state index contributed by atoms with van der Waals surface area (Å²) >= 11 is 0. The standard InChI is InChI=1S/C10H9F2N3/c11-7-2-1-6(5-8(7)12)10(13)9-3-4-14-15-9/h1-5,10H,13H2,(H,14,15). The molecule has 1 aromatic carbocycles. The molecule has 0 fully saturated rings. The quantitative estimate of drug-likeness (QED) is 0.791. The van der Waals surface area contributed by atoms with Crippen molar-refractivity contribution in [3.05, 3.63) is 53.4 Å². The van der Waals surface area contributed by atoms with E-state index in [2.05, 4.69) is 10.2 Å². The van der Waals surface area contributed by atoms with Gasteiger partial charge in [-0.3, -0.25) is 5.10 Å². The fraction of sp³-hybridized carbons (Fsp3) is 0.100. The maximum Gasteiger partial charge on any atom is 0.159 e. The molecule has 1 unspecified atom stereocenters. The van der Waals surface area contributed by atoms with Crippen LogP contribution in [0.2, 0.25) is 0 Å². The molecule has 0 saturated carbocycles. The highest BCUT2D eigenvalue weighted by Gasteiger charge is 2.12. The average Bonchev–Trinajstić information content (AvgIpc) is 2.74. The number of aromatic nitrogens is 2. The molecule has 0 saturated heterocycles. The zero-order valence-electron chi connectivity index (χ0n) is 7.74. The third-order valence-electron chi connectivity index (χ3n) is 2.16. The minimum absolute atomic E-state index is 0.498. The highest BCUT2D eigenvalue weighted by Crippen LogP contribution is 2.19. The van der Waals surface area contributed by atoms with Crippen LogP contribution in [0.4, 0.5) is 8.78 Å². The third kappa shape index (κ3) is 1.87. The Morgan fingerprint density at radius 1 is 1.20 bits per heavy atom. The number of nitrogens with two attached hydrogens (primary N) is 1. The van der Waals surface area contributed by atoms with Gasteiger partial charge in [0, 0.05) is 6.20 Å². The van der Waals surface area contributed by atoms with Crippen molar-refractivity contribution in [2.75, 3.05) is 0 Å². The normalized spacial score (nSPS) is 12.7. The van der Waals surface area contributed by atoms with Crippen LogP contribution in [0.1, 0.15) is 17.3 Å². The van der Waals surface area contributed by atoms with Crippen molar-refractivity contribution < 1.29 is 8.78 Å². The van der Waals surface area contributed by atoms with Gasteiger partial charge in [0.05, 0.1) is 11.7 Å². The summed E-state index contributed by atoms with van der Waals surface area (Å²) in [6, 6.07) is 4.75. The molecule has 1 atom stereocenters. The predicted octanol–water partition coefficient (Wildman–Crippen LogP) is 1.74. The van der Waals surface area contributed by atoms with E-state index in [0.717, 1.165) is 12.1 Å². The number of rotatable bonds is 2. The van der Waals surface area contributed by atoms with Gasteiger partial charge in [-0.25, -0.2) is 8.78 Å². The molecular weight excluding hydrogens is 200 g/mol. The van der Waals surface area contributed by atoms with Gasteiger partial charge in [-0.05, 0) is 23.8 Å². The summed E-state index contributed by atoms with van der Waals surface area (Å²) in [6.07, 6.45) is 1.55. The van der Waals surface area contributed by atoms with E-state index in [9.17, 15) is 8.78 Å². The number of aromatic amines is 1. The van der Waals surface area contributed by atoms with E-state index >= 15 is 0 Å². The van der Waals surface area contributed by atoms with Gasteiger partial charge >= 0.3 is 0 Å². The van der Waals surface area contributed by atoms with Gasteiger partial charge in [0.25, 0.3) is 0 Å². The molecule has 2 rings (SSSR count). The second kappa shape index (κ2) is 3.78. The van der Waals surface area contributed by atoms with Crippen LogP contribution < -0.4 is 5.73 Å². The molecule has 1 aromatic heterocycles. The Morgan fingerprint density at radius 2 is 2.00 bits per heavy atom. The number of H-pyrrole nitrogens is 1. The van der Waals surface area contributed by atoms with Gasteiger partial charge in [-0.2, -0.15) is 5.10 Å². The molecule has 3 N–H and O–H groups in total. The number of hydrogen-bond acceptors (Lipinski definition) is 2. The first-order valence-electron chi connectivity index (χ1n) is 4.38. The molecule has 1 heterocycles. The van der Waals surface area contributed by atoms with Crippen molar-refractivity contribution in [3.63, 3.8) is 0 Å².